The van der Waals surface area contributed by atoms with E-state index in [1.54, 1.807) is 92.7 Å². The van der Waals surface area contributed by atoms with E-state index in [9.17, 15) is 47.9 Å². The number of imidazole rings is 3. The van der Waals surface area contributed by atoms with Crippen molar-refractivity contribution in [3.8, 4) is 10.8 Å². The predicted molar refractivity (Wildman–Crippen MR) is 454 cm³/mol. The molecule has 9 heterocycles. The number of piperazine rings is 1. The second-order valence-corrected chi connectivity index (χ2v) is 30.3. The Bertz CT molecular complexity index is 5210. The van der Waals surface area contributed by atoms with Crippen molar-refractivity contribution < 1.29 is 81.1 Å². The van der Waals surface area contributed by atoms with Crippen LogP contribution in [0.4, 0.5) is 28.7 Å². The molecule has 9 aromatic rings. The summed E-state index contributed by atoms with van der Waals surface area (Å²) in [5.74, 6) is -2.03. The van der Waals surface area contributed by atoms with E-state index in [1.165, 1.54) is 55.2 Å². The van der Waals surface area contributed by atoms with Gasteiger partial charge in [0.15, 0.2) is 23.3 Å². The number of amides is 10. The SMILES string of the molecule is Cc1sc2c(c1C)C(c1ccc(Cl)cc1)=NC(CC(=O)Nc1ccc(OCCOCCOCCOCC(=O)N3CCN(CCOCCOCCOCCNC(=O)CCNC(=O)c4nc(NC(=O)CCNC(=O)c5cc(NC(=O)c6nc(NC(=O)CCNC(=O)c7cc(NC(=O)c8nccn8C)cn7C)cn6C)cn5C)cn4C)CC3)cc1)c1nnc(C)n1-2. The summed E-state index contributed by atoms with van der Waals surface area (Å²) in [5.41, 5.74) is 5.43. The van der Waals surface area contributed by atoms with E-state index in [-0.39, 0.29) is 136 Å². The van der Waals surface area contributed by atoms with Crippen LogP contribution in [0.25, 0.3) is 5.00 Å². The highest BCUT2D eigenvalue weighted by atomic mass is 35.5. The number of aliphatic imine (C=N–C) groups is 1. The minimum atomic E-state index is -0.642. The Morgan fingerprint density at radius 2 is 1.02 bits per heavy atom. The molecule has 10 amide bonds. The molecule has 0 radical (unpaired) electrons. The summed E-state index contributed by atoms with van der Waals surface area (Å²) in [6.07, 6.45) is 8.85. The molecule has 11 rings (SSSR count). The maximum absolute atomic E-state index is 13.6. The number of thiophene rings is 1. The number of fused-ring (bicyclic) bond motifs is 3. The van der Waals surface area contributed by atoms with Gasteiger partial charge in [-0.1, -0.05) is 23.7 Å². The van der Waals surface area contributed by atoms with Crippen LogP contribution >= 0.6 is 22.9 Å². The number of aromatic nitrogens is 11. The summed E-state index contributed by atoms with van der Waals surface area (Å²) in [6.45, 7) is 13.7. The minimum Gasteiger partial charge on any atom is -0.491 e. The molecule has 9 N–H and O–H groups in total. The normalized spacial score (nSPS) is 13.1. The number of nitrogens with one attached hydrogen (secondary N) is 9. The van der Waals surface area contributed by atoms with Crippen molar-refractivity contribution in [2.24, 2.45) is 40.2 Å². The van der Waals surface area contributed by atoms with Crippen LogP contribution in [0, 0.1) is 20.8 Å². The highest BCUT2D eigenvalue weighted by molar-refractivity contribution is 7.15. The lowest BCUT2D eigenvalue weighted by atomic mass is 9.99. The molecule has 1 atom stereocenters. The van der Waals surface area contributed by atoms with E-state index < -0.39 is 47.4 Å². The highest BCUT2D eigenvalue weighted by Gasteiger charge is 2.34. The van der Waals surface area contributed by atoms with Gasteiger partial charge in [-0.25, -0.2) is 15.0 Å². The summed E-state index contributed by atoms with van der Waals surface area (Å²) < 4.78 is 49.1. The molecule has 2 aliphatic rings. The molecular weight excluding hydrogens is 1630 g/mol. The molecule has 7 aromatic heterocycles. The number of carbonyl (C=O) groups excluding carboxylic acids is 10. The molecule has 0 aliphatic carbocycles. The van der Waals surface area contributed by atoms with Crippen LogP contribution in [0.2, 0.25) is 5.02 Å². The van der Waals surface area contributed by atoms with E-state index in [1.807, 2.05) is 35.8 Å². The molecule has 1 fully saturated rings. The summed E-state index contributed by atoms with van der Waals surface area (Å²) in [4.78, 5) is 152. The minimum absolute atomic E-state index is 0.00956. The molecule has 42 heteroatoms. The fraction of sp³-hybridized carbons (Fsp3) is 0.432. The van der Waals surface area contributed by atoms with Gasteiger partial charge >= 0.3 is 0 Å². The molecule has 0 bridgehead atoms. The van der Waals surface area contributed by atoms with Gasteiger partial charge in [-0.05, 0) is 74.9 Å². The van der Waals surface area contributed by atoms with Crippen LogP contribution < -0.4 is 52.6 Å². The van der Waals surface area contributed by atoms with Crippen LogP contribution in [0.15, 0.2) is 103 Å². The zero-order valence-corrected chi connectivity index (χ0v) is 71.3. The Morgan fingerprint density at radius 3 is 1.60 bits per heavy atom. The van der Waals surface area contributed by atoms with Crippen molar-refractivity contribution in [1.82, 2.24) is 83.6 Å². The smallest absolute Gasteiger partial charge is 0.291 e. The topological polar surface area (TPSA) is 456 Å². The number of anilines is 5. The van der Waals surface area contributed by atoms with Gasteiger partial charge in [-0.15, -0.1) is 21.5 Å². The summed E-state index contributed by atoms with van der Waals surface area (Å²) in [6, 6.07) is 17.0. The van der Waals surface area contributed by atoms with Gasteiger partial charge < -0.3 is 109 Å². The fourth-order valence-electron chi connectivity index (χ4n) is 13.1. The number of halogens is 1. The quantitative estimate of drug-likeness (QED) is 0.0240. The van der Waals surface area contributed by atoms with Crippen molar-refractivity contribution in [1.29, 1.82) is 0 Å². The Kier molecular flexibility index (Phi) is 33.4. The third kappa shape index (κ3) is 26.3. The lowest BCUT2D eigenvalue weighted by molar-refractivity contribution is -0.138. The average molecular weight is 1740 g/mol. The first-order chi connectivity index (χ1) is 59.3. The number of hydrogen-bond acceptors (Lipinski definition) is 25. The van der Waals surface area contributed by atoms with E-state index in [0.717, 1.165) is 51.9 Å². The Hall–Kier alpha value is -12.4. The third-order valence-corrected chi connectivity index (χ3v) is 21.0. The molecule has 2 aliphatic heterocycles. The summed E-state index contributed by atoms with van der Waals surface area (Å²) in [5, 5.41) is 34.8. The van der Waals surface area contributed by atoms with Gasteiger partial charge in [0.1, 0.15) is 47.2 Å². The van der Waals surface area contributed by atoms with Crippen LogP contribution in [0.1, 0.15) is 118 Å². The number of hydrogen-bond donors (Lipinski definition) is 9. The lowest BCUT2D eigenvalue weighted by Gasteiger charge is -2.34. The van der Waals surface area contributed by atoms with Crippen LogP contribution in [-0.4, -0.2) is 272 Å². The van der Waals surface area contributed by atoms with E-state index in [2.05, 4.69) is 91.7 Å². The molecule has 2 aromatic carbocycles. The molecule has 656 valence electrons. The van der Waals surface area contributed by atoms with Gasteiger partial charge in [0.05, 0.1) is 96.2 Å². The Morgan fingerprint density at radius 1 is 0.496 bits per heavy atom. The van der Waals surface area contributed by atoms with Gasteiger partial charge in [0.2, 0.25) is 41.2 Å². The molecule has 1 saturated heterocycles. The van der Waals surface area contributed by atoms with Crippen molar-refractivity contribution >= 4 is 116 Å². The van der Waals surface area contributed by atoms with Crippen molar-refractivity contribution in [2.75, 3.05) is 171 Å². The summed E-state index contributed by atoms with van der Waals surface area (Å²) >= 11 is 7.92. The van der Waals surface area contributed by atoms with Gasteiger partial charge in [-0.2, -0.15) is 0 Å². The molecule has 123 heavy (non-hydrogen) atoms. The van der Waals surface area contributed by atoms with Crippen molar-refractivity contribution in [2.45, 2.75) is 52.5 Å². The highest BCUT2D eigenvalue weighted by Crippen LogP contribution is 2.40. The predicted octanol–water partition coefficient (Wildman–Crippen LogP) is 4.29. The van der Waals surface area contributed by atoms with Crippen LogP contribution in [-0.2, 0) is 87.6 Å². The average Bonchev–Trinajstić information content (AvgIpc) is 1.59. The zero-order chi connectivity index (χ0) is 87.5. The van der Waals surface area contributed by atoms with E-state index in [0.29, 0.717) is 113 Å². The number of rotatable bonds is 46. The Balaban J connectivity index is 0.447. The first kappa shape index (κ1) is 91.4. The summed E-state index contributed by atoms with van der Waals surface area (Å²) in [7, 11) is 8.04. The number of carbonyl (C=O) groups is 10. The molecular formula is C81H102ClN23O17S. The van der Waals surface area contributed by atoms with Gasteiger partial charge in [-0.3, -0.25) is 62.4 Å². The van der Waals surface area contributed by atoms with Crippen LogP contribution in [0.5, 0.6) is 5.75 Å². The molecule has 0 spiro atoms. The molecule has 0 saturated carbocycles. The van der Waals surface area contributed by atoms with E-state index in [4.69, 9.17) is 49.8 Å². The lowest BCUT2D eigenvalue weighted by Crippen LogP contribution is -2.50. The number of aryl methyl sites for hydroxylation is 7. The van der Waals surface area contributed by atoms with Gasteiger partial charge in [0.25, 0.3) is 29.5 Å². The molecule has 1 unspecified atom stereocenters. The maximum Gasteiger partial charge on any atom is 0.291 e. The first-order valence-corrected chi connectivity index (χ1v) is 41.1. The third-order valence-electron chi connectivity index (χ3n) is 19.6. The maximum atomic E-state index is 13.6. The Labute approximate surface area is 717 Å². The zero-order valence-electron chi connectivity index (χ0n) is 69.7. The first-order valence-electron chi connectivity index (χ1n) is 39.9. The fourth-order valence-corrected chi connectivity index (χ4v) is 14.4. The largest absolute Gasteiger partial charge is 0.491 e. The second-order valence-electron chi connectivity index (χ2n) is 28.7. The number of ether oxygens (including phenoxy) is 7. The molecule has 40 nitrogen and oxygen atoms in total. The van der Waals surface area contributed by atoms with Crippen LogP contribution in [0.3, 0.4) is 0 Å². The van der Waals surface area contributed by atoms with Gasteiger partial charge in [0, 0.05) is 177 Å². The number of nitrogens with zero attached hydrogens (tertiary/aromatic N) is 14. The number of benzene rings is 2. The monoisotopic (exact) mass is 1740 g/mol. The standard InChI is InChI=1S/C81H102ClN23O17S/c1-51-52(2)123-81-70(51)71(54-9-11-55(82)12-10-54)91-60(72-97-96-53(3)105(72)81)45-68(109)88-56-13-15-59(16-14-56)122-42-41-120-38-37-119-39-40-121-50-69(110)104-28-26-103(27-29-104)30-32-117-34-36-118-35-33-116-31-24-83-65(106)17-20-87-78(113)74-94-63(48-101(74)7)92-66(107)18-21-86-77(112)62-44-58(47-100(62)6)90-80(115)75-95-64(49-102(75)8)93-67(108)19-22-85-76(111)61-43-57(46-99(61)5)89-79(114)73-84-23-25-98(73)4/h9-16,23,25,43-44,46-49,60H,17-22,24,26-42,45,50H2,1-8H3,(H,83,106)(H,85,111)(H,86,112)(H,87,113)(H,88,109)(H,89,114)(H,90,115)(H,92,107)(H,93,108). The van der Waals surface area contributed by atoms with Crippen molar-refractivity contribution in [3.63, 3.8) is 0 Å². The van der Waals surface area contributed by atoms with Crippen molar-refractivity contribution in [3.05, 3.63) is 165 Å². The second kappa shape index (κ2) is 45.0. The van der Waals surface area contributed by atoms with E-state index >= 15 is 0 Å².